The molecule has 2 aromatic carbocycles. The molecule has 0 aliphatic heterocycles. The zero-order valence-electron chi connectivity index (χ0n) is 11.3. The van der Waals surface area contributed by atoms with Gasteiger partial charge < -0.3 is 4.74 Å². The number of rotatable bonds is 4. The third-order valence-corrected chi connectivity index (χ3v) is 5.16. The Hall–Kier alpha value is -0.510. The van der Waals surface area contributed by atoms with E-state index in [0.29, 0.717) is 6.61 Å². The Bertz CT molecular complexity index is 613. The monoisotopic (exact) mass is 416 g/mol. The van der Waals surface area contributed by atoms with Crippen molar-refractivity contribution in [3.8, 4) is 5.75 Å². The summed E-state index contributed by atoms with van der Waals surface area (Å²) in [5.74, 6) is 0.866. The van der Waals surface area contributed by atoms with Crippen LogP contribution in [0.4, 0.5) is 0 Å². The molecule has 0 saturated carbocycles. The molecule has 0 amide bonds. The average Bonchev–Trinajstić information content (AvgIpc) is 2.42. The minimum atomic E-state index is 0.0886. The molecule has 4 heteroatoms. The van der Waals surface area contributed by atoms with Gasteiger partial charge in [0.25, 0.3) is 0 Å². The van der Waals surface area contributed by atoms with Gasteiger partial charge in [-0.25, -0.2) is 0 Å². The van der Waals surface area contributed by atoms with E-state index in [2.05, 4.69) is 44.0 Å². The van der Waals surface area contributed by atoms with Gasteiger partial charge in [0.15, 0.2) is 0 Å². The molecule has 0 heterocycles. The first-order valence-electron chi connectivity index (χ1n) is 6.35. The molecule has 106 valence electrons. The SMILES string of the molecule is CCOc1ccc(C(Br)c2ccc(C)c(Cl)c2)c(Br)c1. The van der Waals surface area contributed by atoms with Crippen molar-refractivity contribution >= 4 is 43.5 Å². The lowest BCUT2D eigenvalue weighted by Gasteiger charge is -2.15. The van der Waals surface area contributed by atoms with Crippen molar-refractivity contribution in [3.63, 3.8) is 0 Å². The number of hydrogen-bond acceptors (Lipinski definition) is 1. The maximum atomic E-state index is 6.20. The first kappa shape index (κ1) is 15.9. The molecule has 0 spiro atoms. The Morgan fingerprint density at radius 3 is 2.55 bits per heavy atom. The van der Waals surface area contributed by atoms with Crippen LogP contribution in [-0.2, 0) is 0 Å². The van der Waals surface area contributed by atoms with Crippen LogP contribution in [0.15, 0.2) is 40.9 Å². The van der Waals surface area contributed by atoms with E-state index >= 15 is 0 Å². The topological polar surface area (TPSA) is 9.23 Å². The lowest BCUT2D eigenvalue weighted by atomic mass is 10.0. The fraction of sp³-hybridized carbons (Fsp3) is 0.250. The van der Waals surface area contributed by atoms with Gasteiger partial charge in [-0.05, 0) is 48.7 Å². The van der Waals surface area contributed by atoms with E-state index in [0.717, 1.165) is 31.9 Å². The minimum Gasteiger partial charge on any atom is -0.494 e. The van der Waals surface area contributed by atoms with Crippen molar-refractivity contribution in [2.75, 3.05) is 6.61 Å². The van der Waals surface area contributed by atoms with Crippen LogP contribution in [0.1, 0.15) is 28.4 Å². The van der Waals surface area contributed by atoms with Crippen LogP contribution < -0.4 is 4.74 Å². The van der Waals surface area contributed by atoms with Gasteiger partial charge >= 0.3 is 0 Å². The van der Waals surface area contributed by atoms with Crippen LogP contribution in [0.25, 0.3) is 0 Å². The summed E-state index contributed by atoms with van der Waals surface area (Å²) in [6, 6.07) is 12.1. The van der Waals surface area contributed by atoms with Gasteiger partial charge in [-0.1, -0.05) is 61.7 Å². The van der Waals surface area contributed by atoms with Gasteiger partial charge in [0.1, 0.15) is 5.75 Å². The third-order valence-electron chi connectivity index (χ3n) is 3.04. The second-order valence-electron chi connectivity index (χ2n) is 4.49. The van der Waals surface area contributed by atoms with Gasteiger partial charge in [0.2, 0.25) is 0 Å². The summed E-state index contributed by atoms with van der Waals surface area (Å²) in [4.78, 5) is 0.0886. The van der Waals surface area contributed by atoms with E-state index in [4.69, 9.17) is 16.3 Å². The summed E-state index contributed by atoms with van der Waals surface area (Å²) in [5.41, 5.74) is 3.36. The molecule has 0 aliphatic carbocycles. The summed E-state index contributed by atoms with van der Waals surface area (Å²) in [6.07, 6.45) is 0. The molecule has 1 unspecified atom stereocenters. The molecule has 0 aromatic heterocycles. The highest BCUT2D eigenvalue weighted by Crippen LogP contribution is 2.38. The molecule has 0 radical (unpaired) electrons. The van der Waals surface area contributed by atoms with Crippen molar-refractivity contribution in [1.82, 2.24) is 0 Å². The maximum absolute atomic E-state index is 6.20. The average molecular weight is 419 g/mol. The molecule has 0 fully saturated rings. The van der Waals surface area contributed by atoms with Gasteiger partial charge in [0.05, 0.1) is 11.4 Å². The minimum absolute atomic E-state index is 0.0886. The van der Waals surface area contributed by atoms with Crippen molar-refractivity contribution in [3.05, 3.63) is 62.6 Å². The molecule has 0 saturated heterocycles. The largest absolute Gasteiger partial charge is 0.494 e. The molecule has 1 atom stereocenters. The van der Waals surface area contributed by atoms with Crippen molar-refractivity contribution in [1.29, 1.82) is 0 Å². The number of hydrogen-bond donors (Lipinski definition) is 0. The predicted octanol–water partition coefficient (Wildman–Crippen LogP) is 6.29. The second kappa shape index (κ2) is 6.97. The van der Waals surface area contributed by atoms with Crippen LogP contribution in [0.3, 0.4) is 0 Å². The third kappa shape index (κ3) is 3.57. The van der Waals surface area contributed by atoms with Crippen LogP contribution in [0, 0.1) is 6.92 Å². The molecule has 20 heavy (non-hydrogen) atoms. The fourth-order valence-corrected chi connectivity index (χ4v) is 3.68. The van der Waals surface area contributed by atoms with E-state index in [1.165, 1.54) is 0 Å². The van der Waals surface area contributed by atoms with Gasteiger partial charge in [-0.15, -0.1) is 0 Å². The van der Waals surface area contributed by atoms with E-state index < -0.39 is 0 Å². The summed E-state index contributed by atoms with van der Waals surface area (Å²) >= 11 is 13.5. The summed E-state index contributed by atoms with van der Waals surface area (Å²) in [6.45, 7) is 4.64. The molecule has 2 rings (SSSR count). The van der Waals surface area contributed by atoms with Crippen molar-refractivity contribution in [2.45, 2.75) is 18.7 Å². The highest BCUT2D eigenvalue weighted by molar-refractivity contribution is 9.11. The first-order valence-corrected chi connectivity index (χ1v) is 8.44. The molecular weight excluding hydrogens is 403 g/mol. The number of alkyl halides is 1. The lowest BCUT2D eigenvalue weighted by molar-refractivity contribution is 0.340. The Morgan fingerprint density at radius 1 is 1.20 bits per heavy atom. The smallest absolute Gasteiger partial charge is 0.120 e. The Kier molecular flexibility index (Phi) is 5.53. The predicted molar refractivity (Wildman–Crippen MR) is 92.3 cm³/mol. The molecule has 1 nitrogen and oxygen atoms in total. The van der Waals surface area contributed by atoms with E-state index in [9.17, 15) is 0 Å². The number of ether oxygens (including phenoxy) is 1. The highest BCUT2D eigenvalue weighted by atomic mass is 79.9. The second-order valence-corrected chi connectivity index (χ2v) is 6.66. The zero-order chi connectivity index (χ0) is 14.7. The molecule has 0 aliphatic rings. The first-order chi connectivity index (χ1) is 9.52. The summed E-state index contributed by atoms with van der Waals surface area (Å²) in [5, 5.41) is 0.786. The van der Waals surface area contributed by atoms with Crippen molar-refractivity contribution in [2.24, 2.45) is 0 Å². The molecule has 2 aromatic rings. The van der Waals surface area contributed by atoms with Crippen LogP contribution in [-0.4, -0.2) is 6.61 Å². The number of aryl methyl sites for hydroxylation is 1. The Labute approximate surface area is 141 Å². The Balaban J connectivity index is 2.32. The summed E-state index contributed by atoms with van der Waals surface area (Å²) < 4.78 is 6.51. The van der Waals surface area contributed by atoms with E-state index in [1.54, 1.807) is 0 Å². The van der Waals surface area contributed by atoms with Crippen molar-refractivity contribution < 1.29 is 4.74 Å². The van der Waals surface area contributed by atoms with Crippen LogP contribution in [0.5, 0.6) is 5.75 Å². The van der Waals surface area contributed by atoms with E-state index in [1.807, 2.05) is 38.1 Å². The normalized spacial score (nSPS) is 12.2. The number of halogens is 3. The fourth-order valence-electron chi connectivity index (χ4n) is 1.92. The Morgan fingerprint density at radius 2 is 1.95 bits per heavy atom. The standard InChI is InChI=1S/C16H15Br2ClO/c1-3-20-12-6-7-13(14(17)9-12)16(18)11-5-4-10(2)15(19)8-11/h4-9,16H,3H2,1-2H3. The van der Waals surface area contributed by atoms with Crippen LogP contribution >= 0.6 is 43.5 Å². The molecular formula is C16H15Br2ClO. The summed E-state index contributed by atoms with van der Waals surface area (Å²) in [7, 11) is 0. The maximum Gasteiger partial charge on any atom is 0.120 e. The van der Waals surface area contributed by atoms with E-state index in [-0.39, 0.29) is 4.83 Å². The molecule has 0 bridgehead atoms. The van der Waals surface area contributed by atoms with Gasteiger partial charge in [-0.2, -0.15) is 0 Å². The highest BCUT2D eigenvalue weighted by Gasteiger charge is 2.15. The van der Waals surface area contributed by atoms with Gasteiger partial charge in [0, 0.05) is 9.50 Å². The zero-order valence-corrected chi connectivity index (χ0v) is 15.2. The quantitative estimate of drug-likeness (QED) is 0.530. The van der Waals surface area contributed by atoms with Gasteiger partial charge in [-0.3, -0.25) is 0 Å². The number of benzene rings is 2. The van der Waals surface area contributed by atoms with Crippen LogP contribution in [0.2, 0.25) is 5.02 Å². The lowest BCUT2D eigenvalue weighted by Crippen LogP contribution is -1.97. The molecule has 0 N–H and O–H groups in total.